The van der Waals surface area contributed by atoms with Gasteiger partial charge in [0.1, 0.15) is 0 Å². The topological polar surface area (TPSA) is 62.2 Å². The number of nitrogens with zero attached hydrogens (tertiary/aromatic N) is 3. The maximum absolute atomic E-state index is 14.0. The number of nitrogens with one attached hydrogen (secondary N) is 2. The number of anilines is 2. The van der Waals surface area contributed by atoms with Crippen molar-refractivity contribution in [1.82, 2.24) is 14.9 Å². The second-order valence-electron chi connectivity index (χ2n) is 10.1. The quantitative estimate of drug-likeness (QED) is 0.235. The second-order valence-corrected chi connectivity index (χ2v) is 10.5. The summed E-state index contributed by atoms with van der Waals surface area (Å²) in [5.74, 6) is -0.0844. The first kappa shape index (κ1) is 28.4. The molecular formula is C31H30F3N5OS. The fourth-order valence-electron chi connectivity index (χ4n) is 5.49. The first-order valence-corrected chi connectivity index (χ1v) is 13.7. The molecule has 0 bridgehead atoms. The molecule has 0 radical (unpaired) electrons. The minimum absolute atomic E-state index is 0.0718. The molecule has 1 aliphatic rings. The zero-order valence-corrected chi connectivity index (χ0v) is 23.9. The Morgan fingerprint density at radius 3 is 2.44 bits per heavy atom. The van der Waals surface area contributed by atoms with Crippen LogP contribution in [0.4, 0.5) is 24.5 Å². The maximum Gasteiger partial charge on any atom is 0.418 e. The van der Waals surface area contributed by atoms with E-state index in [1.807, 2.05) is 61.2 Å². The summed E-state index contributed by atoms with van der Waals surface area (Å²) in [7, 11) is 0. The normalized spacial score (nSPS) is 17.0. The van der Waals surface area contributed by atoms with E-state index in [0.717, 1.165) is 28.6 Å². The van der Waals surface area contributed by atoms with Gasteiger partial charge in [-0.25, -0.2) is 0 Å². The molecule has 1 fully saturated rings. The van der Waals surface area contributed by atoms with E-state index in [2.05, 4.69) is 15.6 Å². The lowest BCUT2D eigenvalue weighted by Crippen LogP contribution is -2.29. The summed E-state index contributed by atoms with van der Waals surface area (Å²) in [6.07, 6.45) is -2.44. The molecule has 6 nitrogen and oxygen atoms in total. The van der Waals surface area contributed by atoms with Crippen LogP contribution < -0.4 is 15.5 Å². The number of rotatable bonds is 6. The van der Waals surface area contributed by atoms with Gasteiger partial charge < -0.3 is 20.1 Å². The molecule has 212 valence electrons. The van der Waals surface area contributed by atoms with Crippen molar-refractivity contribution in [1.29, 1.82) is 0 Å². The van der Waals surface area contributed by atoms with Gasteiger partial charge in [-0.2, -0.15) is 13.2 Å². The molecule has 10 heteroatoms. The van der Waals surface area contributed by atoms with Gasteiger partial charge in [-0.1, -0.05) is 25.1 Å². The number of halogens is 3. The molecule has 2 atom stereocenters. The molecule has 0 unspecified atom stereocenters. The standard InChI is InChI=1S/C31H30F3N5OS/c1-5-27(40)36-24-14-13-21(16-18(24)2)39-29(28(37-30(39)41)25-11-8-9-15-35-25)22-17-19(3)38(20(22)4)26-12-7-6-10-23(26)31(32,33)34/h6-17,28-29H,5H2,1-4H3,(H,36,40)(H,37,41)/t28-,29-/m1/s1. The number of aryl methyl sites for hydroxylation is 2. The van der Waals surface area contributed by atoms with E-state index >= 15 is 0 Å². The van der Waals surface area contributed by atoms with Gasteiger partial charge >= 0.3 is 6.18 Å². The maximum atomic E-state index is 14.0. The highest BCUT2D eigenvalue weighted by Gasteiger charge is 2.43. The van der Waals surface area contributed by atoms with Gasteiger partial charge in [0.2, 0.25) is 5.91 Å². The lowest BCUT2D eigenvalue weighted by molar-refractivity contribution is -0.137. The molecule has 1 saturated heterocycles. The molecule has 3 heterocycles. The molecule has 2 aromatic carbocycles. The fraction of sp³-hybridized carbons (Fsp3) is 0.258. The van der Waals surface area contributed by atoms with E-state index in [-0.39, 0.29) is 17.6 Å². The molecule has 0 aliphatic carbocycles. The molecular weight excluding hydrogens is 547 g/mol. The molecule has 41 heavy (non-hydrogen) atoms. The Morgan fingerprint density at radius 2 is 1.78 bits per heavy atom. The Kier molecular flexibility index (Phi) is 7.61. The van der Waals surface area contributed by atoms with Crippen LogP contribution in [0.5, 0.6) is 0 Å². The van der Waals surface area contributed by atoms with Gasteiger partial charge in [-0.3, -0.25) is 9.78 Å². The third-order valence-electron chi connectivity index (χ3n) is 7.42. The molecule has 4 aromatic rings. The number of para-hydroxylation sites is 1. The van der Waals surface area contributed by atoms with Gasteiger partial charge in [0, 0.05) is 35.4 Å². The SMILES string of the molecule is CCC(=O)Nc1ccc(N2C(=S)N[C@H](c3ccccn3)[C@H]2c2cc(C)n(-c3ccccc3C(F)(F)F)c2C)cc1C. The molecule has 1 amide bonds. The molecule has 0 saturated carbocycles. The molecule has 1 aliphatic heterocycles. The summed E-state index contributed by atoms with van der Waals surface area (Å²) in [5.41, 5.74) is 4.64. The number of pyridine rings is 1. The number of benzene rings is 2. The monoisotopic (exact) mass is 577 g/mol. The van der Waals surface area contributed by atoms with Crippen molar-refractivity contribution in [3.05, 3.63) is 107 Å². The van der Waals surface area contributed by atoms with Gasteiger partial charge in [0.25, 0.3) is 0 Å². The largest absolute Gasteiger partial charge is 0.418 e. The van der Waals surface area contributed by atoms with Crippen molar-refractivity contribution < 1.29 is 18.0 Å². The Labute approximate surface area is 242 Å². The van der Waals surface area contributed by atoms with Crippen molar-refractivity contribution in [2.24, 2.45) is 0 Å². The predicted molar refractivity (Wildman–Crippen MR) is 158 cm³/mol. The van der Waals surface area contributed by atoms with Crippen LogP contribution >= 0.6 is 12.2 Å². The average molecular weight is 578 g/mol. The number of hydrogen-bond acceptors (Lipinski definition) is 3. The van der Waals surface area contributed by atoms with Crippen molar-refractivity contribution >= 4 is 34.6 Å². The third-order valence-corrected chi connectivity index (χ3v) is 7.74. The Morgan fingerprint density at radius 1 is 1.05 bits per heavy atom. The summed E-state index contributed by atoms with van der Waals surface area (Å²) in [6.45, 7) is 7.34. The van der Waals surface area contributed by atoms with Gasteiger partial charge in [0.05, 0.1) is 29.0 Å². The number of thiocarbonyl (C=S) groups is 1. The van der Waals surface area contributed by atoms with Crippen LogP contribution in [-0.2, 0) is 11.0 Å². The zero-order valence-electron chi connectivity index (χ0n) is 23.1. The minimum Gasteiger partial charge on any atom is -0.351 e. The highest BCUT2D eigenvalue weighted by atomic mass is 32.1. The number of aromatic nitrogens is 2. The molecule has 2 aromatic heterocycles. The minimum atomic E-state index is -4.51. The van der Waals surface area contributed by atoms with E-state index < -0.39 is 17.8 Å². The summed E-state index contributed by atoms with van der Waals surface area (Å²) >= 11 is 5.85. The first-order valence-electron chi connectivity index (χ1n) is 13.3. The van der Waals surface area contributed by atoms with Crippen molar-refractivity contribution in [2.45, 2.75) is 52.4 Å². The highest BCUT2D eigenvalue weighted by molar-refractivity contribution is 7.80. The van der Waals surface area contributed by atoms with Gasteiger partial charge in [-0.15, -0.1) is 0 Å². The second kappa shape index (κ2) is 11.0. The fourth-order valence-corrected chi connectivity index (χ4v) is 5.84. The van der Waals surface area contributed by atoms with Crippen LogP contribution in [-0.4, -0.2) is 20.6 Å². The Balaban J connectivity index is 1.66. The Hall–Kier alpha value is -4.18. The van der Waals surface area contributed by atoms with Crippen LogP contribution in [0.15, 0.2) is 72.9 Å². The van der Waals surface area contributed by atoms with E-state index in [1.54, 1.807) is 30.7 Å². The third kappa shape index (κ3) is 5.31. The average Bonchev–Trinajstić information content (AvgIpc) is 3.44. The lowest BCUT2D eigenvalue weighted by Gasteiger charge is -2.29. The Bertz CT molecular complexity index is 1620. The van der Waals surface area contributed by atoms with Gasteiger partial charge in [-0.05, 0) is 92.6 Å². The van der Waals surface area contributed by atoms with Crippen molar-refractivity contribution in [2.75, 3.05) is 10.2 Å². The van der Waals surface area contributed by atoms with Crippen LogP contribution in [0.3, 0.4) is 0 Å². The summed E-state index contributed by atoms with van der Waals surface area (Å²) < 4.78 is 43.7. The number of hydrogen-bond donors (Lipinski definition) is 2. The van der Waals surface area contributed by atoms with Crippen LogP contribution in [0.25, 0.3) is 5.69 Å². The molecule has 2 N–H and O–H groups in total. The smallest absolute Gasteiger partial charge is 0.351 e. The first-order chi connectivity index (χ1) is 19.5. The molecule has 0 spiro atoms. The summed E-state index contributed by atoms with van der Waals surface area (Å²) in [6, 6.07) is 18.1. The number of alkyl halides is 3. The number of carbonyl (C=O) groups is 1. The zero-order chi connectivity index (χ0) is 29.5. The van der Waals surface area contributed by atoms with Gasteiger partial charge in [0.15, 0.2) is 5.11 Å². The van der Waals surface area contributed by atoms with E-state index in [0.29, 0.717) is 28.6 Å². The van der Waals surface area contributed by atoms with Crippen molar-refractivity contribution in [3.8, 4) is 5.69 Å². The van der Waals surface area contributed by atoms with E-state index in [1.165, 1.54) is 12.1 Å². The number of carbonyl (C=O) groups excluding carboxylic acids is 1. The number of amides is 1. The predicted octanol–water partition coefficient (Wildman–Crippen LogP) is 7.34. The van der Waals surface area contributed by atoms with E-state index in [4.69, 9.17) is 12.2 Å². The molecule has 5 rings (SSSR count). The van der Waals surface area contributed by atoms with Crippen molar-refractivity contribution in [3.63, 3.8) is 0 Å². The van der Waals surface area contributed by atoms with Crippen LogP contribution in [0, 0.1) is 20.8 Å². The van der Waals surface area contributed by atoms with Crippen LogP contribution in [0.2, 0.25) is 0 Å². The lowest BCUT2D eigenvalue weighted by atomic mass is 9.96. The summed E-state index contributed by atoms with van der Waals surface area (Å²) in [4.78, 5) is 18.6. The van der Waals surface area contributed by atoms with Crippen LogP contribution in [0.1, 0.15) is 59.2 Å². The highest BCUT2D eigenvalue weighted by Crippen LogP contribution is 2.45. The van der Waals surface area contributed by atoms with E-state index in [9.17, 15) is 18.0 Å². The summed E-state index contributed by atoms with van der Waals surface area (Å²) in [5, 5.41) is 6.79.